The number of rotatable bonds is 10. The lowest BCUT2D eigenvalue weighted by molar-refractivity contribution is -0.115. The number of hydrogen-bond donors (Lipinski definition) is 0. The Hall–Kier alpha value is -1.45. The zero-order valence-electron chi connectivity index (χ0n) is 16.0. The van der Waals surface area contributed by atoms with E-state index in [0.717, 1.165) is 49.2 Å². The van der Waals surface area contributed by atoms with E-state index >= 15 is 0 Å². The Kier molecular flexibility index (Phi) is 8.10. The smallest absolute Gasteiger partial charge is 0.159 e. The van der Waals surface area contributed by atoms with Crippen LogP contribution in [-0.4, -0.2) is 21.9 Å². The van der Waals surface area contributed by atoms with E-state index in [2.05, 4.69) is 67.6 Å². The molecule has 0 saturated carbocycles. The number of hydrogen-bond acceptors (Lipinski definition) is 3. The summed E-state index contributed by atoms with van der Waals surface area (Å²) in [5, 5.41) is 0. The van der Waals surface area contributed by atoms with Crippen molar-refractivity contribution in [2.75, 3.05) is 11.5 Å². The van der Waals surface area contributed by atoms with E-state index in [1.165, 1.54) is 16.7 Å². The minimum absolute atomic E-state index is 0.379. The van der Waals surface area contributed by atoms with Gasteiger partial charge in [-0.3, -0.25) is 4.79 Å². The van der Waals surface area contributed by atoms with Crippen molar-refractivity contribution in [2.45, 2.75) is 43.6 Å². The molecule has 0 spiro atoms. The summed E-state index contributed by atoms with van der Waals surface area (Å²) in [6.07, 6.45) is 4.78. The fourth-order valence-corrected chi connectivity index (χ4v) is 6.13. The molecule has 1 aliphatic rings. The standard InChI is InChI=1S/C24H28OS2/c1-19-12-13-23(25)22(19)18-24(26-16-14-20-8-4-2-5-9-20)27-17-15-21-10-6-3-7-11-21/h2-11,24H,12-18H2,1H3. The molecule has 0 heterocycles. The highest BCUT2D eigenvalue weighted by Crippen LogP contribution is 2.35. The number of benzene rings is 2. The van der Waals surface area contributed by atoms with Gasteiger partial charge < -0.3 is 0 Å². The molecule has 27 heavy (non-hydrogen) atoms. The second-order valence-corrected chi connectivity index (χ2v) is 9.95. The molecule has 2 aromatic carbocycles. The number of aryl methyl sites for hydroxylation is 2. The van der Waals surface area contributed by atoms with Gasteiger partial charge in [0.15, 0.2) is 5.78 Å². The second kappa shape index (κ2) is 10.8. The van der Waals surface area contributed by atoms with Gasteiger partial charge in [-0.05, 0) is 60.8 Å². The zero-order chi connectivity index (χ0) is 18.9. The molecule has 3 rings (SSSR count). The first-order valence-electron chi connectivity index (χ1n) is 9.75. The molecular weight excluding hydrogens is 368 g/mol. The monoisotopic (exact) mass is 396 g/mol. The first-order chi connectivity index (χ1) is 13.2. The lowest BCUT2D eigenvalue weighted by atomic mass is 10.1. The summed E-state index contributed by atoms with van der Waals surface area (Å²) in [7, 11) is 0. The highest BCUT2D eigenvalue weighted by molar-refractivity contribution is 8.17. The first kappa shape index (κ1) is 20.3. The van der Waals surface area contributed by atoms with Gasteiger partial charge in [0.1, 0.15) is 0 Å². The van der Waals surface area contributed by atoms with Crippen LogP contribution in [0.3, 0.4) is 0 Å². The van der Waals surface area contributed by atoms with Gasteiger partial charge in [-0.15, -0.1) is 23.5 Å². The Morgan fingerprint density at radius 1 is 0.815 bits per heavy atom. The average molecular weight is 397 g/mol. The predicted molar refractivity (Wildman–Crippen MR) is 121 cm³/mol. The molecule has 3 heteroatoms. The molecule has 0 saturated heterocycles. The van der Waals surface area contributed by atoms with Crippen molar-refractivity contribution >= 4 is 29.3 Å². The minimum Gasteiger partial charge on any atom is -0.295 e. The van der Waals surface area contributed by atoms with E-state index < -0.39 is 0 Å². The molecule has 0 fully saturated rings. The molecular formula is C24H28OS2. The summed E-state index contributed by atoms with van der Waals surface area (Å²) < 4.78 is 0.462. The van der Waals surface area contributed by atoms with Crippen LogP contribution in [0.1, 0.15) is 37.3 Å². The molecule has 0 unspecified atom stereocenters. The summed E-state index contributed by atoms with van der Waals surface area (Å²) in [5.41, 5.74) is 5.22. The van der Waals surface area contributed by atoms with Crippen LogP contribution in [-0.2, 0) is 17.6 Å². The van der Waals surface area contributed by atoms with Crippen LogP contribution >= 0.6 is 23.5 Å². The third-order valence-electron chi connectivity index (χ3n) is 5.02. The average Bonchev–Trinajstić information content (AvgIpc) is 3.01. The Morgan fingerprint density at radius 2 is 1.33 bits per heavy atom. The summed E-state index contributed by atoms with van der Waals surface area (Å²) in [5.74, 6) is 2.59. The van der Waals surface area contributed by atoms with Crippen LogP contribution in [0.2, 0.25) is 0 Å². The number of carbonyl (C=O) groups excluding carboxylic acids is 1. The highest BCUT2D eigenvalue weighted by Gasteiger charge is 2.23. The summed E-state index contributed by atoms with van der Waals surface area (Å²) in [6, 6.07) is 21.4. The molecule has 0 radical (unpaired) electrons. The molecule has 0 N–H and O–H groups in total. The molecule has 142 valence electrons. The Labute approximate surface area is 172 Å². The van der Waals surface area contributed by atoms with Gasteiger partial charge in [-0.25, -0.2) is 0 Å². The van der Waals surface area contributed by atoms with Crippen LogP contribution in [0.15, 0.2) is 71.8 Å². The zero-order valence-corrected chi connectivity index (χ0v) is 17.7. The summed E-state index contributed by atoms with van der Waals surface area (Å²) >= 11 is 4.04. The van der Waals surface area contributed by atoms with Crippen molar-refractivity contribution in [1.82, 2.24) is 0 Å². The number of allylic oxidation sites excluding steroid dienone is 2. The number of thioether (sulfide) groups is 2. The van der Waals surface area contributed by atoms with Crippen LogP contribution in [0.4, 0.5) is 0 Å². The summed E-state index contributed by atoms with van der Waals surface area (Å²) in [4.78, 5) is 12.2. The van der Waals surface area contributed by atoms with Crippen molar-refractivity contribution in [1.29, 1.82) is 0 Å². The molecule has 0 aliphatic heterocycles. The quantitative estimate of drug-likeness (QED) is 0.437. The molecule has 1 aliphatic carbocycles. The van der Waals surface area contributed by atoms with Gasteiger partial charge in [0.2, 0.25) is 0 Å². The molecule has 2 aromatic rings. The first-order valence-corrected chi connectivity index (χ1v) is 11.8. The van der Waals surface area contributed by atoms with Crippen LogP contribution in [0, 0.1) is 0 Å². The van der Waals surface area contributed by atoms with E-state index in [4.69, 9.17) is 0 Å². The molecule has 0 atom stereocenters. The molecule has 0 amide bonds. The fourth-order valence-electron chi connectivity index (χ4n) is 3.37. The van der Waals surface area contributed by atoms with Crippen molar-refractivity contribution < 1.29 is 4.79 Å². The van der Waals surface area contributed by atoms with Gasteiger partial charge in [0.05, 0.1) is 4.58 Å². The minimum atomic E-state index is 0.379. The third kappa shape index (κ3) is 6.58. The van der Waals surface area contributed by atoms with Crippen LogP contribution in [0.5, 0.6) is 0 Å². The Morgan fingerprint density at radius 3 is 1.78 bits per heavy atom. The Balaban J connectivity index is 1.54. The van der Waals surface area contributed by atoms with E-state index in [-0.39, 0.29) is 0 Å². The summed E-state index contributed by atoms with van der Waals surface area (Å²) in [6.45, 7) is 2.14. The van der Waals surface area contributed by atoms with Gasteiger partial charge in [-0.1, -0.05) is 66.2 Å². The largest absolute Gasteiger partial charge is 0.295 e. The Bertz CT molecular complexity index is 707. The third-order valence-corrected chi connectivity index (χ3v) is 7.80. The van der Waals surface area contributed by atoms with Crippen LogP contribution < -0.4 is 0 Å². The fraction of sp³-hybridized carbons (Fsp3) is 0.375. The topological polar surface area (TPSA) is 17.1 Å². The predicted octanol–water partition coefficient (Wildman–Crippen LogP) is 6.33. The molecule has 1 nitrogen and oxygen atoms in total. The van der Waals surface area contributed by atoms with Gasteiger partial charge >= 0.3 is 0 Å². The van der Waals surface area contributed by atoms with E-state index in [0.29, 0.717) is 10.4 Å². The van der Waals surface area contributed by atoms with Crippen molar-refractivity contribution in [2.24, 2.45) is 0 Å². The van der Waals surface area contributed by atoms with E-state index in [9.17, 15) is 4.79 Å². The van der Waals surface area contributed by atoms with Crippen molar-refractivity contribution in [3.05, 3.63) is 82.9 Å². The van der Waals surface area contributed by atoms with Gasteiger partial charge in [0, 0.05) is 6.42 Å². The van der Waals surface area contributed by atoms with E-state index in [1.54, 1.807) is 0 Å². The SMILES string of the molecule is CC1=C(CC(SCCc2ccccc2)SCCc2ccccc2)C(=O)CC1. The molecule has 0 bridgehead atoms. The number of ketones is 1. The van der Waals surface area contributed by atoms with Crippen molar-refractivity contribution in [3.63, 3.8) is 0 Å². The lowest BCUT2D eigenvalue weighted by Crippen LogP contribution is -2.08. The maximum absolute atomic E-state index is 12.2. The van der Waals surface area contributed by atoms with Gasteiger partial charge in [0.25, 0.3) is 0 Å². The maximum atomic E-state index is 12.2. The van der Waals surface area contributed by atoms with E-state index in [1.807, 2.05) is 23.5 Å². The number of carbonyl (C=O) groups is 1. The number of Topliss-reactive ketones (excluding diaryl/α,β-unsaturated/α-hetero) is 1. The van der Waals surface area contributed by atoms with Crippen molar-refractivity contribution in [3.8, 4) is 0 Å². The molecule has 0 aromatic heterocycles. The highest BCUT2D eigenvalue weighted by atomic mass is 32.2. The lowest BCUT2D eigenvalue weighted by Gasteiger charge is -2.17. The normalized spacial score (nSPS) is 14.4. The van der Waals surface area contributed by atoms with Crippen LogP contribution in [0.25, 0.3) is 0 Å². The maximum Gasteiger partial charge on any atom is 0.159 e. The van der Waals surface area contributed by atoms with Gasteiger partial charge in [-0.2, -0.15) is 0 Å². The second-order valence-electron chi connectivity index (χ2n) is 7.03.